The zero-order valence-electron chi connectivity index (χ0n) is 12.6. The molecule has 0 bridgehead atoms. The predicted molar refractivity (Wildman–Crippen MR) is 85.1 cm³/mol. The zero-order valence-corrected chi connectivity index (χ0v) is 12.6. The number of carboxylic acids is 1. The van der Waals surface area contributed by atoms with Crippen molar-refractivity contribution in [2.75, 3.05) is 23.8 Å². The highest BCUT2D eigenvalue weighted by atomic mass is 16.4. The molecule has 2 amide bonds. The maximum Gasteiger partial charge on any atom is 0.320 e. The van der Waals surface area contributed by atoms with E-state index in [9.17, 15) is 9.59 Å². The van der Waals surface area contributed by atoms with E-state index in [1.165, 1.54) is 0 Å². The van der Waals surface area contributed by atoms with Crippen LogP contribution in [0.5, 0.6) is 0 Å². The molecule has 0 spiro atoms. The highest BCUT2D eigenvalue weighted by Crippen LogP contribution is 2.32. The van der Waals surface area contributed by atoms with Crippen LogP contribution in [0, 0.1) is 0 Å². The third kappa shape index (κ3) is 3.10. The maximum atomic E-state index is 11.4. The number of urea groups is 1. The van der Waals surface area contributed by atoms with Crippen molar-refractivity contribution in [3.63, 3.8) is 0 Å². The summed E-state index contributed by atoms with van der Waals surface area (Å²) in [5.41, 5.74) is 1.66. The van der Waals surface area contributed by atoms with Crippen LogP contribution in [-0.4, -0.2) is 40.5 Å². The number of aromatic nitrogens is 2. The Hall–Kier alpha value is -3.03. The lowest BCUT2D eigenvalue weighted by Crippen LogP contribution is -2.24. The predicted octanol–water partition coefficient (Wildman–Crippen LogP) is 1.41. The van der Waals surface area contributed by atoms with Gasteiger partial charge in [0.05, 0.1) is 13.0 Å². The fourth-order valence-electron chi connectivity index (χ4n) is 2.61. The summed E-state index contributed by atoms with van der Waals surface area (Å²) in [4.78, 5) is 24.3. The number of benzene rings is 1. The molecule has 1 aromatic heterocycles. The second-order valence-corrected chi connectivity index (χ2v) is 5.21. The van der Waals surface area contributed by atoms with E-state index in [0.717, 1.165) is 23.6 Å². The number of carbonyl (C=O) groups is 2. The van der Waals surface area contributed by atoms with Gasteiger partial charge in [0.25, 0.3) is 0 Å². The molecule has 8 heteroatoms. The van der Waals surface area contributed by atoms with Crippen molar-refractivity contribution in [3.8, 4) is 0 Å². The number of nitrogens with one attached hydrogen (secondary N) is 2. The number of carboxylic acid groups (broad SMARTS) is 1. The summed E-state index contributed by atoms with van der Waals surface area (Å²) in [6.45, 7) is 1.45. The van der Waals surface area contributed by atoms with Gasteiger partial charge in [-0.2, -0.15) is 5.10 Å². The molecule has 1 aromatic carbocycles. The number of aliphatic carboxylic acids is 1. The van der Waals surface area contributed by atoms with Gasteiger partial charge >= 0.3 is 12.0 Å². The fraction of sp³-hybridized carbons (Fsp3) is 0.267. The molecule has 0 saturated heterocycles. The van der Waals surface area contributed by atoms with Crippen molar-refractivity contribution in [2.24, 2.45) is 0 Å². The minimum absolute atomic E-state index is 0.00951. The molecule has 3 rings (SSSR count). The Morgan fingerprint density at radius 2 is 2.13 bits per heavy atom. The van der Waals surface area contributed by atoms with Crippen molar-refractivity contribution < 1.29 is 14.7 Å². The van der Waals surface area contributed by atoms with Gasteiger partial charge in [-0.1, -0.05) is 12.1 Å². The topological polar surface area (TPSA) is 99.5 Å². The lowest BCUT2D eigenvalue weighted by Gasteiger charge is -2.17. The molecule has 0 radical (unpaired) electrons. The summed E-state index contributed by atoms with van der Waals surface area (Å²) < 4.78 is 1.81. The van der Waals surface area contributed by atoms with Gasteiger partial charge in [0, 0.05) is 25.3 Å². The van der Waals surface area contributed by atoms with Gasteiger partial charge in [0.15, 0.2) is 5.82 Å². The van der Waals surface area contributed by atoms with Crippen LogP contribution in [0.4, 0.5) is 22.1 Å². The Balaban J connectivity index is 1.84. The van der Waals surface area contributed by atoms with Crippen molar-refractivity contribution in [1.82, 2.24) is 15.1 Å². The lowest BCUT2D eigenvalue weighted by molar-refractivity contribution is -0.136. The number of hydrogen-bond acceptors (Lipinski definition) is 4. The van der Waals surface area contributed by atoms with Crippen LogP contribution in [0.2, 0.25) is 0 Å². The molecular formula is C15H17N5O3. The Bertz CT molecular complexity index is 755. The van der Waals surface area contributed by atoms with Gasteiger partial charge in [-0.3, -0.25) is 10.1 Å². The molecule has 8 nitrogen and oxygen atoms in total. The highest BCUT2D eigenvalue weighted by molar-refractivity contribution is 5.88. The molecule has 0 unspecified atom stereocenters. The summed E-state index contributed by atoms with van der Waals surface area (Å²) in [5.74, 6) is 0.486. The lowest BCUT2D eigenvalue weighted by atomic mass is 10.1. The first-order valence-electron chi connectivity index (χ1n) is 7.21. The molecular weight excluding hydrogens is 298 g/mol. The zero-order chi connectivity index (χ0) is 16.4. The van der Waals surface area contributed by atoms with E-state index in [-0.39, 0.29) is 12.5 Å². The van der Waals surface area contributed by atoms with Crippen LogP contribution in [-0.2, 0) is 17.8 Å². The van der Waals surface area contributed by atoms with Gasteiger partial charge in [-0.15, -0.1) is 0 Å². The Labute approximate surface area is 132 Å². The average Bonchev–Trinajstić information content (AvgIpc) is 3.06. The summed E-state index contributed by atoms with van der Waals surface area (Å²) in [6, 6.07) is 8.91. The standard InChI is InChI=1S/C15H17N5O3/c1-16-15(23)17-12-9-13-19(5-6-20(13)18-12)11-4-2-3-10(7-11)8-14(21)22/h2-4,7,9H,5-6,8H2,1H3,(H,21,22)(H2,16,17,18,23). The smallest absolute Gasteiger partial charge is 0.320 e. The van der Waals surface area contributed by atoms with Crippen LogP contribution in [0.3, 0.4) is 0 Å². The van der Waals surface area contributed by atoms with E-state index < -0.39 is 5.97 Å². The Kier molecular flexibility index (Phi) is 3.88. The first-order chi connectivity index (χ1) is 11.1. The number of rotatable bonds is 4. The van der Waals surface area contributed by atoms with E-state index in [4.69, 9.17) is 5.11 Å². The molecule has 0 saturated carbocycles. The van der Waals surface area contributed by atoms with E-state index in [1.54, 1.807) is 19.2 Å². The second kappa shape index (κ2) is 5.99. The number of hydrogen-bond donors (Lipinski definition) is 3. The van der Waals surface area contributed by atoms with Crippen molar-refractivity contribution in [3.05, 3.63) is 35.9 Å². The van der Waals surface area contributed by atoms with Crippen LogP contribution in [0.25, 0.3) is 0 Å². The third-order valence-corrected chi connectivity index (χ3v) is 3.62. The largest absolute Gasteiger partial charge is 0.481 e. The first-order valence-corrected chi connectivity index (χ1v) is 7.21. The second-order valence-electron chi connectivity index (χ2n) is 5.21. The van der Waals surface area contributed by atoms with Crippen LogP contribution < -0.4 is 15.5 Å². The van der Waals surface area contributed by atoms with Crippen molar-refractivity contribution in [2.45, 2.75) is 13.0 Å². The summed E-state index contributed by atoms with van der Waals surface area (Å²) >= 11 is 0. The van der Waals surface area contributed by atoms with Crippen LogP contribution in [0.15, 0.2) is 30.3 Å². The Morgan fingerprint density at radius 1 is 1.30 bits per heavy atom. The van der Waals surface area contributed by atoms with E-state index in [2.05, 4.69) is 15.7 Å². The van der Waals surface area contributed by atoms with Crippen molar-refractivity contribution >= 4 is 29.3 Å². The van der Waals surface area contributed by atoms with Crippen LogP contribution >= 0.6 is 0 Å². The number of carbonyl (C=O) groups excluding carboxylic acids is 1. The minimum atomic E-state index is -0.856. The van der Waals surface area contributed by atoms with Gasteiger partial charge in [0.1, 0.15) is 5.82 Å². The van der Waals surface area contributed by atoms with E-state index >= 15 is 0 Å². The quantitative estimate of drug-likeness (QED) is 0.792. The monoisotopic (exact) mass is 315 g/mol. The molecule has 120 valence electrons. The van der Waals surface area contributed by atoms with Crippen LogP contribution in [0.1, 0.15) is 5.56 Å². The number of anilines is 3. The third-order valence-electron chi connectivity index (χ3n) is 3.62. The SMILES string of the molecule is CNC(=O)Nc1cc2n(n1)CCN2c1cccc(CC(=O)O)c1. The van der Waals surface area contributed by atoms with Crippen molar-refractivity contribution in [1.29, 1.82) is 0 Å². The molecule has 23 heavy (non-hydrogen) atoms. The number of amides is 2. The first kappa shape index (κ1) is 14.9. The van der Waals surface area contributed by atoms with Gasteiger partial charge in [-0.05, 0) is 17.7 Å². The summed E-state index contributed by atoms with van der Waals surface area (Å²) in [5, 5.41) is 18.4. The number of nitrogens with zero attached hydrogens (tertiary/aromatic N) is 3. The van der Waals surface area contributed by atoms with E-state index in [0.29, 0.717) is 12.4 Å². The maximum absolute atomic E-state index is 11.4. The molecule has 2 aromatic rings. The van der Waals surface area contributed by atoms with Gasteiger partial charge in [-0.25, -0.2) is 9.48 Å². The molecule has 2 heterocycles. The minimum Gasteiger partial charge on any atom is -0.481 e. The van der Waals surface area contributed by atoms with E-state index in [1.807, 2.05) is 27.8 Å². The normalized spacial score (nSPS) is 12.8. The molecule has 0 atom stereocenters. The summed E-state index contributed by atoms with van der Waals surface area (Å²) in [6.07, 6.45) is -0.00951. The highest BCUT2D eigenvalue weighted by Gasteiger charge is 2.23. The Morgan fingerprint density at radius 3 is 2.87 bits per heavy atom. The molecule has 1 aliphatic rings. The molecule has 0 aliphatic carbocycles. The molecule has 3 N–H and O–H groups in total. The number of fused-ring (bicyclic) bond motifs is 1. The molecule has 1 aliphatic heterocycles. The van der Waals surface area contributed by atoms with Gasteiger partial charge < -0.3 is 15.3 Å². The fourth-order valence-corrected chi connectivity index (χ4v) is 2.61. The molecule has 0 fully saturated rings. The summed E-state index contributed by atoms with van der Waals surface area (Å²) in [7, 11) is 1.54. The van der Waals surface area contributed by atoms with Gasteiger partial charge in [0.2, 0.25) is 0 Å². The average molecular weight is 315 g/mol.